The Morgan fingerprint density at radius 2 is 1.82 bits per heavy atom. The first-order valence-electron chi connectivity index (χ1n) is 10.9. The Balaban J connectivity index is 1.61. The summed E-state index contributed by atoms with van der Waals surface area (Å²) in [6.45, 7) is 1.88. The highest BCUT2D eigenvalue weighted by atomic mass is 35.5. The Morgan fingerprint density at radius 1 is 1.06 bits per heavy atom. The van der Waals surface area contributed by atoms with Gasteiger partial charge in [-0.05, 0) is 29.7 Å². The third kappa shape index (κ3) is 3.21. The third-order valence-electron chi connectivity index (χ3n) is 6.75. The number of rotatable bonds is 2. The molecular formula is C25H21ClFN3O2S. The zero-order chi connectivity index (χ0) is 22.9. The molecule has 1 fully saturated rings. The molecule has 6 rings (SSSR count). The molecule has 1 aromatic heterocycles. The lowest BCUT2D eigenvalue weighted by Gasteiger charge is -2.44. The Bertz CT molecular complexity index is 1360. The van der Waals surface area contributed by atoms with Crippen molar-refractivity contribution in [1.82, 2.24) is 9.58 Å². The number of carbonyl (C=O) groups excluding carboxylic acids is 1. The molecule has 33 heavy (non-hydrogen) atoms. The van der Waals surface area contributed by atoms with Crippen LogP contribution in [0.15, 0.2) is 64.4 Å². The van der Waals surface area contributed by atoms with E-state index in [2.05, 4.69) is 23.2 Å². The fourth-order valence-electron chi connectivity index (χ4n) is 4.92. The van der Waals surface area contributed by atoms with Gasteiger partial charge in [0.2, 0.25) is 0 Å². The molecule has 3 aliphatic rings. The van der Waals surface area contributed by atoms with E-state index in [9.17, 15) is 14.0 Å². The van der Waals surface area contributed by atoms with E-state index in [1.165, 1.54) is 11.6 Å². The Morgan fingerprint density at radius 3 is 2.61 bits per heavy atom. The molecule has 0 saturated heterocycles. The van der Waals surface area contributed by atoms with Crippen molar-refractivity contribution in [2.24, 2.45) is 0 Å². The van der Waals surface area contributed by atoms with Crippen molar-refractivity contribution in [3.63, 3.8) is 0 Å². The maximum absolute atomic E-state index is 14.2. The lowest BCUT2D eigenvalue weighted by atomic mass is 9.94. The molecule has 0 bridgehead atoms. The van der Waals surface area contributed by atoms with Crippen molar-refractivity contribution in [2.45, 2.75) is 42.2 Å². The molecule has 0 spiro atoms. The van der Waals surface area contributed by atoms with Crippen molar-refractivity contribution in [3.05, 3.63) is 97.9 Å². The Kier molecular flexibility index (Phi) is 4.82. The van der Waals surface area contributed by atoms with Gasteiger partial charge in [0.25, 0.3) is 5.91 Å². The molecule has 8 heteroatoms. The van der Waals surface area contributed by atoms with Gasteiger partial charge in [-0.25, -0.2) is 4.39 Å². The van der Waals surface area contributed by atoms with Gasteiger partial charge in [-0.2, -0.15) is 0 Å². The largest absolute Gasteiger partial charge is 0.312 e. The van der Waals surface area contributed by atoms with Crippen LogP contribution in [0.3, 0.4) is 0 Å². The topological polar surface area (TPSA) is 45.6 Å². The van der Waals surface area contributed by atoms with Gasteiger partial charge >= 0.3 is 0 Å². The molecule has 3 aromatic rings. The SMILES string of the molecule is Cc1c2n(ccc1=O)N(C1c3ccccc3CSc3c(Cl)cccc31)CN([C@@H]1C[C@@H]1F)C2=O. The predicted octanol–water partition coefficient (Wildman–Crippen LogP) is 4.67. The molecule has 3 atom stereocenters. The number of hydrogen-bond donors (Lipinski definition) is 0. The van der Waals surface area contributed by atoms with Crippen LogP contribution in [0.5, 0.6) is 0 Å². The minimum absolute atomic E-state index is 0.204. The molecule has 0 radical (unpaired) electrons. The van der Waals surface area contributed by atoms with Crippen molar-refractivity contribution in [1.29, 1.82) is 0 Å². The molecule has 1 saturated carbocycles. The van der Waals surface area contributed by atoms with Gasteiger partial charge in [0, 0.05) is 34.9 Å². The summed E-state index contributed by atoms with van der Waals surface area (Å²) >= 11 is 8.33. The van der Waals surface area contributed by atoms with Crippen LogP contribution in [0, 0.1) is 6.92 Å². The van der Waals surface area contributed by atoms with Crippen molar-refractivity contribution in [3.8, 4) is 0 Å². The van der Waals surface area contributed by atoms with Crippen molar-refractivity contribution in [2.75, 3.05) is 11.7 Å². The quantitative estimate of drug-likeness (QED) is 0.533. The van der Waals surface area contributed by atoms with E-state index in [1.54, 1.807) is 34.5 Å². The monoisotopic (exact) mass is 481 g/mol. The number of alkyl halides is 1. The fraction of sp³-hybridized carbons (Fsp3) is 0.280. The van der Waals surface area contributed by atoms with Gasteiger partial charge in [-0.1, -0.05) is 48.0 Å². The summed E-state index contributed by atoms with van der Waals surface area (Å²) in [5.74, 6) is 0.472. The van der Waals surface area contributed by atoms with Gasteiger partial charge in [0.1, 0.15) is 18.5 Å². The fourth-order valence-corrected chi connectivity index (χ4v) is 6.38. The second kappa shape index (κ2) is 7.64. The molecule has 3 heterocycles. The predicted molar refractivity (Wildman–Crippen MR) is 127 cm³/mol. The molecule has 1 unspecified atom stereocenters. The highest BCUT2D eigenvalue weighted by molar-refractivity contribution is 7.98. The first-order valence-corrected chi connectivity index (χ1v) is 12.3. The molecule has 168 valence electrons. The van der Waals surface area contributed by atoms with Crippen molar-refractivity contribution >= 4 is 29.3 Å². The lowest BCUT2D eigenvalue weighted by Crippen LogP contribution is -2.57. The molecular weight excluding hydrogens is 461 g/mol. The van der Waals surface area contributed by atoms with E-state index in [0.29, 0.717) is 22.7 Å². The molecule has 1 amide bonds. The number of pyridine rings is 1. The van der Waals surface area contributed by atoms with Gasteiger partial charge < -0.3 is 4.90 Å². The van der Waals surface area contributed by atoms with E-state index in [1.807, 2.05) is 24.3 Å². The zero-order valence-electron chi connectivity index (χ0n) is 17.9. The molecule has 2 aliphatic heterocycles. The standard InChI is InChI=1S/C25H21ClFN3O2S/c1-14-21(31)9-10-29-22(14)25(32)28(20-11-19(20)27)13-30(29)23-16-6-3-2-5-15(16)12-33-24-17(23)7-4-8-18(24)26/h2-10,19-20,23H,11-13H2,1H3/t19-,20+,23?/m0/s1. The van der Waals surface area contributed by atoms with Crippen LogP contribution in [-0.2, 0) is 5.75 Å². The summed E-state index contributed by atoms with van der Waals surface area (Å²) in [4.78, 5) is 28.5. The van der Waals surface area contributed by atoms with E-state index in [-0.39, 0.29) is 24.0 Å². The van der Waals surface area contributed by atoms with Gasteiger partial charge in [-0.15, -0.1) is 11.8 Å². The summed E-state index contributed by atoms with van der Waals surface area (Å²) in [6, 6.07) is 14.9. The van der Waals surface area contributed by atoms with Crippen LogP contribution < -0.4 is 10.4 Å². The summed E-state index contributed by atoms with van der Waals surface area (Å²) in [5.41, 5.74) is 3.78. The summed E-state index contributed by atoms with van der Waals surface area (Å²) in [7, 11) is 0. The van der Waals surface area contributed by atoms with Crippen LogP contribution >= 0.6 is 23.4 Å². The van der Waals surface area contributed by atoms with Crippen LogP contribution in [0.2, 0.25) is 5.02 Å². The average molecular weight is 482 g/mol. The van der Waals surface area contributed by atoms with Gasteiger partial charge in [-0.3, -0.25) is 19.3 Å². The number of benzene rings is 2. The molecule has 0 N–H and O–H groups in total. The highest BCUT2D eigenvalue weighted by Crippen LogP contribution is 2.46. The number of hydrogen-bond acceptors (Lipinski definition) is 4. The Labute approximate surface area is 199 Å². The summed E-state index contributed by atoms with van der Waals surface area (Å²) in [5, 5.41) is 2.75. The lowest BCUT2D eigenvalue weighted by molar-refractivity contribution is 0.0652. The van der Waals surface area contributed by atoms with Gasteiger partial charge in [0.05, 0.1) is 17.1 Å². The number of aromatic nitrogens is 1. The number of thioether (sulfide) groups is 1. The second-order valence-corrected chi connectivity index (χ2v) is 10.1. The number of nitrogens with zero attached hydrogens (tertiary/aromatic N) is 3. The minimum Gasteiger partial charge on any atom is -0.312 e. The van der Waals surface area contributed by atoms with Crippen molar-refractivity contribution < 1.29 is 9.18 Å². The molecule has 1 aliphatic carbocycles. The van der Waals surface area contributed by atoms with E-state index in [4.69, 9.17) is 11.6 Å². The first kappa shape index (κ1) is 20.8. The van der Waals surface area contributed by atoms with Gasteiger partial charge in [0.15, 0.2) is 5.43 Å². The van der Waals surface area contributed by atoms with E-state index >= 15 is 0 Å². The number of fused-ring (bicyclic) bond motifs is 3. The molecule has 2 aromatic carbocycles. The highest BCUT2D eigenvalue weighted by Gasteiger charge is 2.49. The second-order valence-electron chi connectivity index (χ2n) is 8.72. The smallest absolute Gasteiger partial charge is 0.274 e. The third-order valence-corrected chi connectivity index (χ3v) is 8.38. The van der Waals surface area contributed by atoms with Crippen LogP contribution in [0.1, 0.15) is 45.2 Å². The Hall–Kier alpha value is -2.77. The van der Waals surface area contributed by atoms with Crippen LogP contribution in [0.25, 0.3) is 0 Å². The number of amides is 1. The zero-order valence-corrected chi connectivity index (χ0v) is 19.4. The van der Waals surface area contributed by atoms with Crippen LogP contribution in [0.4, 0.5) is 4.39 Å². The number of halogens is 2. The normalized spacial score (nSPS) is 23.5. The van der Waals surface area contributed by atoms with E-state index in [0.717, 1.165) is 21.8 Å². The summed E-state index contributed by atoms with van der Waals surface area (Å²) in [6.07, 6.45) is 0.955. The minimum atomic E-state index is -1.03. The van der Waals surface area contributed by atoms with E-state index < -0.39 is 12.2 Å². The molecule has 5 nitrogen and oxygen atoms in total. The van der Waals surface area contributed by atoms with Crippen LogP contribution in [-0.4, -0.2) is 34.4 Å². The number of carbonyl (C=O) groups is 1. The summed E-state index contributed by atoms with van der Waals surface area (Å²) < 4.78 is 15.9. The maximum Gasteiger partial charge on any atom is 0.274 e. The maximum atomic E-state index is 14.2. The first-order chi connectivity index (χ1) is 16.0. The average Bonchev–Trinajstić information content (AvgIpc) is 3.56.